The normalized spacial score (nSPS) is 22.4. The number of aliphatic carboxylic acids is 1. The first-order valence-corrected chi connectivity index (χ1v) is 18.1. The number of nitro benzene ring substituents is 1. The summed E-state index contributed by atoms with van der Waals surface area (Å²) in [5.41, 5.74) is -4.42. The number of aliphatic hydroxyl groups excluding tert-OH is 1. The van der Waals surface area contributed by atoms with Gasteiger partial charge in [-0.25, -0.2) is 22.6 Å². The van der Waals surface area contributed by atoms with Gasteiger partial charge < -0.3 is 29.3 Å². The van der Waals surface area contributed by atoms with Crippen molar-refractivity contribution in [3.8, 4) is 0 Å². The van der Waals surface area contributed by atoms with Crippen molar-refractivity contribution in [3.05, 3.63) is 63.0 Å². The Kier molecular flexibility index (Phi) is 10.5. The Morgan fingerprint density at radius 3 is 2.43 bits per heavy atom. The van der Waals surface area contributed by atoms with Gasteiger partial charge in [0.2, 0.25) is 22.1 Å². The highest BCUT2D eigenvalue weighted by Gasteiger charge is 2.60. The van der Waals surface area contributed by atoms with Crippen molar-refractivity contribution in [2.24, 2.45) is 18.9 Å². The third-order valence-electron chi connectivity index (χ3n) is 8.61. The summed E-state index contributed by atoms with van der Waals surface area (Å²) < 4.78 is 68.3. The molecule has 2 fully saturated rings. The van der Waals surface area contributed by atoms with Crippen LogP contribution in [0.5, 0.6) is 0 Å². The number of carboxylic acid groups (broad SMARTS) is 1. The Bertz CT molecular complexity index is 2030. The smallest absolute Gasteiger partial charge is 0.485 e. The monoisotopic (exact) mass is 777 g/mol. The van der Waals surface area contributed by atoms with Gasteiger partial charge in [-0.1, -0.05) is 30.0 Å². The minimum absolute atomic E-state index is 0.0128. The molecule has 276 valence electrons. The van der Waals surface area contributed by atoms with E-state index in [9.17, 15) is 47.9 Å². The number of β-lactam (4-membered cyclic amide) rings is 1. The van der Waals surface area contributed by atoms with Crippen LogP contribution in [0.25, 0.3) is 10.4 Å². The van der Waals surface area contributed by atoms with E-state index in [1.165, 1.54) is 28.4 Å². The van der Waals surface area contributed by atoms with Crippen LogP contribution in [0.4, 0.5) is 23.7 Å². The number of nitrogens with zero attached hydrogens (tertiary/aromatic N) is 5. The minimum atomic E-state index is -6.09. The molecule has 3 aromatic rings. The second-order valence-corrected chi connectivity index (χ2v) is 15.7. The SMILES string of the molecule is C[C@@H](O)[C@H]1C(=O)N2C(C(=O)O)=C(c3c[n+]4cn(C)c(S[C@H]5CCN(C(=O)OCc6ccc([N+](=O)[O-])cc6)C5)c4s3)[C@H](C)[C@H]12.O=S(=O)([O-])C(F)(F)F. The van der Waals surface area contributed by atoms with Crippen molar-refractivity contribution >= 4 is 67.3 Å². The first kappa shape index (κ1) is 38.0. The van der Waals surface area contributed by atoms with Gasteiger partial charge in [-0.2, -0.15) is 17.6 Å². The number of amides is 2. The van der Waals surface area contributed by atoms with Gasteiger partial charge in [-0.3, -0.25) is 14.9 Å². The fourth-order valence-corrected chi connectivity index (χ4v) is 8.93. The number of imidazole rings is 1. The molecular formula is C29H30F3N5O11S3. The molecule has 0 aliphatic carbocycles. The largest absolute Gasteiger partial charge is 0.741 e. The molecule has 0 saturated carbocycles. The summed E-state index contributed by atoms with van der Waals surface area (Å²) in [6, 6.07) is 5.50. The number of carbonyl (C=O) groups excluding carboxylic acids is 2. The first-order chi connectivity index (χ1) is 23.7. The van der Waals surface area contributed by atoms with Crippen molar-refractivity contribution in [1.29, 1.82) is 0 Å². The number of rotatable bonds is 8. The molecule has 6 rings (SSSR count). The van der Waals surface area contributed by atoms with E-state index in [1.807, 2.05) is 35.5 Å². The van der Waals surface area contributed by atoms with Crippen LogP contribution in [0.3, 0.4) is 0 Å². The second kappa shape index (κ2) is 14.1. The average Bonchev–Trinajstić information content (AvgIpc) is 3.78. The zero-order valence-electron chi connectivity index (χ0n) is 26.8. The number of carbonyl (C=O) groups is 3. The molecule has 0 bridgehead atoms. The summed E-state index contributed by atoms with van der Waals surface area (Å²) in [5.74, 6) is -2.39. The fourth-order valence-electron chi connectivity index (χ4n) is 6.25. The summed E-state index contributed by atoms with van der Waals surface area (Å²) in [7, 11) is -4.15. The van der Waals surface area contributed by atoms with Crippen molar-refractivity contribution in [2.45, 2.75) is 54.8 Å². The van der Waals surface area contributed by atoms with Gasteiger partial charge >= 0.3 is 17.6 Å². The number of hydrogen-bond acceptors (Lipinski definition) is 12. The van der Waals surface area contributed by atoms with Crippen LogP contribution in [-0.4, -0.2) is 96.4 Å². The number of carboxylic acids is 1. The van der Waals surface area contributed by atoms with E-state index < -0.39 is 44.6 Å². The summed E-state index contributed by atoms with van der Waals surface area (Å²) >= 11 is 3.11. The molecule has 2 N–H and O–H groups in total. The number of thiazole rings is 1. The molecular weight excluding hydrogens is 748 g/mol. The highest BCUT2D eigenvalue weighted by Crippen LogP contribution is 2.51. The zero-order valence-corrected chi connectivity index (χ0v) is 29.3. The molecule has 16 nitrogen and oxygen atoms in total. The van der Waals surface area contributed by atoms with Crippen LogP contribution in [-0.2, 0) is 38.1 Å². The third-order valence-corrected chi connectivity index (χ3v) is 11.9. The number of benzene rings is 1. The Morgan fingerprint density at radius 1 is 1.25 bits per heavy atom. The van der Waals surface area contributed by atoms with Crippen molar-refractivity contribution in [1.82, 2.24) is 14.4 Å². The average molecular weight is 778 g/mol. The molecule has 22 heteroatoms. The number of aromatic nitrogens is 2. The van der Waals surface area contributed by atoms with E-state index >= 15 is 0 Å². The Morgan fingerprint density at radius 2 is 1.88 bits per heavy atom. The number of aliphatic hydroxyl groups is 1. The number of aryl methyl sites for hydroxylation is 1. The summed E-state index contributed by atoms with van der Waals surface area (Å²) in [6.45, 7) is 4.52. The van der Waals surface area contributed by atoms with E-state index in [4.69, 9.17) is 17.7 Å². The standard InChI is InChI=1S/C28H29N5O8S2.CHF3O3S/c1-14-20(23(27(36)37)32-22(14)21(15(2)34)24(32)35)19-11-31-13-29(3)25(26(31)43-19)42-18-8-9-30(10-18)28(38)41-12-16-4-6-17(7-5-16)33(39)40;2-1(3,4)8(5,6)7/h4-7,11,13-15,18,21-22,34H,8-10,12H2,1-3H3;(H,5,6,7)/t14-,15+,18-,21+,22+;/m0./s1. The predicted molar refractivity (Wildman–Crippen MR) is 171 cm³/mol. The number of halogens is 3. The van der Waals surface area contributed by atoms with Gasteiger partial charge in [0.15, 0.2) is 10.1 Å². The molecule has 2 aromatic heterocycles. The number of ether oxygens (including phenoxy) is 1. The third kappa shape index (κ3) is 7.40. The van der Waals surface area contributed by atoms with Crippen LogP contribution >= 0.6 is 23.1 Å². The predicted octanol–water partition coefficient (Wildman–Crippen LogP) is 2.94. The van der Waals surface area contributed by atoms with Crippen LogP contribution in [0, 0.1) is 22.0 Å². The number of thioether (sulfide) groups is 1. The number of nitro groups is 1. The maximum Gasteiger partial charge on any atom is 0.485 e. The lowest BCUT2D eigenvalue weighted by Gasteiger charge is -2.46. The number of alkyl halides is 3. The Balaban J connectivity index is 0.000000565. The molecule has 0 unspecified atom stereocenters. The van der Waals surface area contributed by atoms with Crippen molar-refractivity contribution in [3.63, 3.8) is 0 Å². The quantitative estimate of drug-likeness (QED) is 0.0843. The lowest BCUT2D eigenvalue weighted by Crippen LogP contribution is -2.63. The van der Waals surface area contributed by atoms with Crippen molar-refractivity contribution < 1.29 is 64.8 Å². The Hall–Kier alpha value is -4.25. The summed E-state index contributed by atoms with van der Waals surface area (Å²) in [6.07, 6.45) is 3.27. The Labute approximate surface area is 295 Å². The van der Waals surface area contributed by atoms with Crippen LogP contribution < -0.4 is 4.40 Å². The summed E-state index contributed by atoms with van der Waals surface area (Å²) in [4.78, 5) is 52.8. The van der Waals surface area contributed by atoms with E-state index in [2.05, 4.69) is 0 Å². The molecule has 0 radical (unpaired) electrons. The topological polar surface area (TPSA) is 217 Å². The van der Waals surface area contributed by atoms with Gasteiger partial charge in [-0.05, 0) is 31.0 Å². The van der Waals surface area contributed by atoms with E-state index in [1.54, 1.807) is 35.7 Å². The highest BCUT2D eigenvalue weighted by atomic mass is 32.2. The van der Waals surface area contributed by atoms with E-state index in [-0.39, 0.29) is 41.1 Å². The lowest BCUT2D eigenvalue weighted by molar-refractivity contribution is -0.508. The summed E-state index contributed by atoms with van der Waals surface area (Å²) in [5, 5.41) is 32.1. The molecule has 51 heavy (non-hydrogen) atoms. The highest BCUT2D eigenvalue weighted by molar-refractivity contribution is 8.00. The molecule has 3 aliphatic rings. The number of hydrogen-bond donors (Lipinski definition) is 2. The molecule has 5 atom stereocenters. The molecule has 5 heterocycles. The van der Waals surface area contributed by atoms with Gasteiger partial charge in [-0.15, -0.1) is 0 Å². The lowest BCUT2D eigenvalue weighted by atomic mass is 9.77. The molecule has 2 saturated heterocycles. The van der Waals surface area contributed by atoms with Crippen molar-refractivity contribution in [2.75, 3.05) is 13.1 Å². The maximum absolute atomic E-state index is 12.8. The van der Waals surface area contributed by atoms with E-state index in [0.717, 1.165) is 21.2 Å². The van der Waals surface area contributed by atoms with E-state index in [0.29, 0.717) is 24.2 Å². The fraction of sp³-hybridized carbons (Fsp3) is 0.448. The molecule has 3 aliphatic heterocycles. The molecule has 1 aromatic carbocycles. The minimum Gasteiger partial charge on any atom is -0.741 e. The molecule has 2 amide bonds. The van der Waals surface area contributed by atoms with Gasteiger partial charge in [0.25, 0.3) is 5.69 Å². The van der Waals surface area contributed by atoms with Gasteiger partial charge in [0, 0.05) is 42.0 Å². The number of fused-ring (bicyclic) bond motifs is 2. The van der Waals surface area contributed by atoms with Crippen LogP contribution in [0.2, 0.25) is 0 Å². The van der Waals surface area contributed by atoms with Crippen LogP contribution in [0.1, 0.15) is 30.7 Å². The second-order valence-electron chi connectivity index (χ2n) is 12.0. The first-order valence-electron chi connectivity index (χ1n) is 15.0. The number of likely N-dealkylation sites (tertiary alicyclic amines) is 1. The van der Waals surface area contributed by atoms with Crippen LogP contribution in [0.15, 0.2) is 47.5 Å². The van der Waals surface area contributed by atoms with Gasteiger partial charge in [0.05, 0.1) is 34.9 Å². The zero-order chi connectivity index (χ0) is 37.7. The number of non-ortho nitro benzene ring substituents is 1. The maximum atomic E-state index is 12.8. The molecule has 0 spiro atoms. The van der Waals surface area contributed by atoms with Gasteiger partial charge in [0.1, 0.15) is 18.5 Å².